The third-order valence-corrected chi connectivity index (χ3v) is 5.75. The number of aromatic nitrogens is 3. The highest BCUT2D eigenvalue weighted by Gasteiger charge is 2.29. The van der Waals surface area contributed by atoms with E-state index in [0.717, 1.165) is 32.1 Å². The van der Waals surface area contributed by atoms with Gasteiger partial charge in [0.15, 0.2) is 6.61 Å². The number of amides is 1. The van der Waals surface area contributed by atoms with E-state index in [0.29, 0.717) is 12.2 Å². The van der Waals surface area contributed by atoms with Crippen molar-refractivity contribution in [1.29, 1.82) is 0 Å². The summed E-state index contributed by atoms with van der Waals surface area (Å²) in [6.07, 6.45) is -1.99. The second-order valence-electron chi connectivity index (χ2n) is 8.77. The molecule has 0 spiro atoms. The van der Waals surface area contributed by atoms with Crippen LogP contribution >= 0.6 is 11.6 Å². The van der Waals surface area contributed by atoms with Gasteiger partial charge in [-0.3, -0.25) is 4.79 Å². The van der Waals surface area contributed by atoms with E-state index in [1.54, 1.807) is 0 Å². The maximum atomic E-state index is 14.4. The van der Waals surface area contributed by atoms with E-state index in [1.165, 1.54) is 36.5 Å². The summed E-state index contributed by atoms with van der Waals surface area (Å²) in [5.41, 5.74) is 0.352. The molecule has 3 rings (SSSR count). The van der Waals surface area contributed by atoms with Gasteiger partial charge in [-0.15, -0.1) is 10.2 Å². The number of ether oxygens (including phenoxy) is 1. The highest BCUT2D eigenvalue weighted by atomic mass is 35.5. The summed E-state index contributed by atoms with van der Waals surface area (Å²) in [5.74, 6) is -1.11. The summed E-state index contributed by atoms with van der Waals surface area (Å²) in [7, 11) is 1.87. The molecule has 1 amide bonds. The maximum Gasteiger partial charge on any atom is 0.422 e. The van der Waals surface area contributed by atoms with Crippen molar-refractivity contribution in [1.82, 2.24) is 25.4 Å². The Hall–Kier alpha value is -3.55. The van der Waals surface area contributed by atoms with Crippen molar-refractivity contribution in [3.63, 3.8) is 0 Å². The maximum absolute atomic E-state index is 14.4. The molecule has 0 bridgehead atoms. The Morgan fingerprint density at radius 2 is 1.90 bits per heavy atom. The molecule has 2 heterocycles. The number of hydrogen-bond acceptors (Lipinski definition) is 8. The average molecular weight is 584 g/mol. The first-order chi connectivity index (χ1) is 19.1. The minimum absolute atomic E-state index is 0.0000584. The van der Waals surface area contributed by atoms with Gasteiger partial charge in [-0.05, 0) is 50.3 Å². The zero-order valence-electron chi connectivity index (χ0n) is 22.0. The zero-order valence-corrected chi connectivity index (χ0v) is 22.7. The lowest BCUT2D eigenvalue weighted by molar-refractivity contribution is -0.154. The summed E-state index contributed by atoms with van der Waals surface area (Å²) in [6.45, 7) is 3.52. The molecule has 2 aromatic heterocycles. The van der Waals surface area contributed by atoms with Crippen LogP contribution in [0.5, 0.6) is 5.88 Å². The van der Waals surface area contributed by atoms with Gasteiger partial charge in [-0.2, -0.15) is 13.2 Å². The van der Waals surface area contributed by atoms with Crippen molar-refractivity contribution < 1.29 is 27.1 Å². The molecule has 3 aromatic rings. The summed E-state index contributed by atoms with van der Waals surface area (Å²) < 4.78 is 57.7. The SMILES string of the molecule is CCCN(CCNC)CCC(=O)Nc1cc(Nc2cc(-c3cc(Cl)ccc3F)nnc2OCC(F)(F)F)ccn1. The third-order valence-electron chi connectivity index (χ3n) is 5.52. The van der Waals surface area contributed by atoms with E-state index < -0.39 is 24.5 Å². The number of anilines is 3. The number of carbonyl (C=O) groups excluding carboxylic acids is 1. The first kappa shape index (κ1) is 31.0. The third kappa shape index (κ3) is 9.88. The highest BCUT2D eigenvalue weighted by molar-refractivity contribution is 6.30. The van der Waals surface area contributed by atoms with Crippen molar-refractivity contribution in [3.05, 3.63) is 53.4 Å². The van der Waals surface area contributed by atoms with Crippen LogP contribution in [0.25, 0.3) is 11.3 Å². The molecule has 0 atom stereocenters. The number of nitrogens with one attached hydrogen (secondary N) is 3. The molecule has 0 radical (unpaired) electrons. The molecular formula is C26H30ClF4N7O2. The van der Waals surface area contributed by atoms with Gasteiger partial charge in [-0.1, -0.05) is 18.5 Å². The Morgan fingerprint density at radius 3 is 2.62 bits per heavy atom. The van der Waals surface area contributed by atoms with Gasteiger partial charge < -0.3 is 25.6 Å². The van der Waals surface area contributed by atoms with Crippen LogP contribution in [0.1, 0.15) is 19.8 Å². The van der Waals surface area contributed by atoms with Crippen LogP contribution in [0.2, 0.25) is 5.02 Å². The largest absolute Gasteiger partial charge is 0.465 e. The Labute approximate surface area is 234 Å². The van der Waals surface area contributed by atoms with Gasteiger partial charge in [0.1, 0.15) is 17.3 Å². The van der Waals surface area contributed by atoms with Crippen LogP contribution < -0.4 is 20.7 Å². The Morgan fingerprint density at radius 1 is 1.10 bits per heavy atom. The van der Waals surface area contributed by atoms with Crippen LogP contribution in [0.4, 0.5) is 34.8 Å². The molecule has 0 aliphatic rings. The van der Waals surface area contributed by atoms with Crippen molar-refractivity contribution in [2.24, 2.45) is 0 Å². The lowest BCUT2D eigenvalue weighted by atomic mass is 10.1. The van der Waals surface area contributed by atoms with Crippen molar-refractivity contribution in [2.75, 3.05) is 50.5 Å². The summed E-state index contributed by atoms with van der Waals surface area (Å²) in [5, 5.41) is 16.5. The van der Waals surface area contributed by atoms with E-state index in [1.807, 2.05) is 7.05 Å². The lowest BCUT2D eigenvalue weighted by Gasteiger charge is -2.21. The van der Waals surface area contributed by atoms with Crippen LogP contribution in [0.15, 0.2) is 42.6 Å². The van der Waals surface area contributed by atoms with Crippen molar-refractivity contribution >= 4 is 34.7 Å². The fourth-order valence-corrected chi connectivity index (χ4v) is 3.84. The molecule has 0 fully saturated rings. The first-order valence-electron chi connectivity index (χ1n) is 12.5. The summed E-state index contributed by atoms with van der Waals surface area (Å²) in [6, 6.07) is 8.13. The Bertz CT molecular complexity index is 1280. The molecule has 1 aromatic carbocycles. The minimum atomic E-state index is -4.62. The molecule has 216 valence electrons. The summed E-state index contributed by atoms with van der Waals surface area (Å²) in [4.78, 5) is 18.9. The second-order valence-corrected chi connectivity index (χ2v) is 9.21. The number of pyridine rings is 1. The van der Waals surface area contributed by atoms with E-state index in [9.17, 15) is 22.4 Å². The van der Waals surface area contributed by atoms with Gasteiger partial charge in [-0.25, -0.2) is 9.37 Å². The molecule has 0 saturated heterocycles. The number of alkyl halides is 3. The van der Waals surface area contributed by atoms with Gasteiger partial charge in [0.05, 0.1) is 5.69 Å². The number of carbonyl (C=O) groups is 1. The van der Waals surface area contributed by atoms with E-state index in [-0.39, 0.29) is 40.1 Å². The lowest BCUT2D eigenvalue weighted by Crippen LogP contribution is -2.34. The molecule has 14 heteroatoms. The average Bonchev–Trinajstić information content (AvgIpc) is 2.90. The predicted octanol–water partition coefficient (Wildman–Crippen LogP) is 5.28. The molecular weight excluding hydrogens is 554 g/mol. The Balaban J connectivity index is 1.78. The smallest absolute Gasteiger partial charge is 0.422 e. The van der Waals surface area contributed by atoms with Crippen LogP contribution in [-0.4, -0.2) is 72.0 Å². The zero-order chi connectivity index (χ0) is 29.1. The Kier molecular flexibility index (Phi) is 11.4. The van der Waals surface area contributed by atoms with E-state index in [4.69, 9.17) is 16.3 Å². The van der Waals surface area contributed by atoms with Crippen molar-refractivity contribution in [3.8, 4) is 17.1 Å². The molecule has 0 aliphatic heterocycles. The number of likely N-dealkylation sites (N-methyl/N-ethyl adjacent to an activating group) is 1. The van der Waals surface area contributed by atoms with Crippen LogP contribution in [0.3, 0.4) is 0 Å². The van der Waals surface area contributed by atoms with Crippen LogP contribution in [-0.2, 0) is 4.79 Å². The van der Waals surface area contributed by atoms with Gasteiger partial charge >= 0.3 is 6.18 Å². The first-order valence-corrected chi connectivity index (χ1v) is 12.9. The van der Waals surface area contributed by atoms with Gasteiger partial charge in [0.2, 0.25) is 5.91 Å². The fourth-order valence-electron chi connectivity index (χ4n) is 3.67. The molecule has 3 N–H and O–H groups in total. The monoisotopic (exact) mass is 583 g/mol. The molecule has 40 heavy (non-hydrogen) atoms. The normalized spacial score (nSPS) is 11.5. The molecule has 0 aliphatic carbocycles. The van der Waals surface area contributed by atoms with E-state index in [2.05, 4.69) is 43.0 Å². The van der Waals surface area contributed by atoms with E-state index >= 15 is 0 Å². The molecule has 9 nitrogen and oxygen atoms in total. The fraction of sp³-hybridized carbons (Fsp3) is 0.385. The van der Waals surface area contributed by atoms with Gasteiger partial charge in [0, 0.05) is 54.6 Å². The second kappa shape index (κ2) is 14.7. The minimum Gasteiger partial charge on any atom is -0.465 e. The number of halogens is 5. The number of rotatable bonds is 14. The standard InChI is InChI=1S/C26H30ClF4N7O2/c1-3-10-38(12-9-32-2)11-7-24(39)35-23-14-18(6-8-33-23)34-22-15-21(19-13-17(27)4-5-20(19)28)36-37-25(22)40-16-26(29,30)31/h4-6,8,13-15,32H,3,7,9-12,16H2,1-2H3,(H2,33,34,35,36,39). The predicted molar refractivity (Wildman–Crippen MR) is 145 cm³/mol. The quantitative estimate of drug-likeness (QED) is 0.220. The highest BCUT2D eigenvalue weighted by Crippen LogP contribution is 2.32. The van der Waals surface area contributed by atoms with Crippen LogP contribution in [0, 0.1) is 5.82 Å². The molecule has 0 saturated carbocycles. The van der Waals surface area contributed by atoms with Gasteiger partial charge in [0.25, 0.3) is 5.88 Å². The number of hydrogen-bond donors (Lipinski definition) is 3. The van der Waals surface area contributed by atoms with Crippen molar-refractivity contribution in [2.45, 2.75) is 25.9 Å². The topological polar surface area (TPSA) is 104 Å². The summed E-state index contributed by atoms with van der Waals surface area (Å²) >= 11 is 5.98. The number of benzene rings is 1. The molecule has 0 unspecified atom stereocenters. The number of nitrogens with zero attached hydrogens (tertiary/aromatic N) is 4.